The number of carbonyl (C=O) groups is 2. The summed E-state index contributed by atoms with van der Waals surface area (Å²) >= 11 is 0. The molecule has 0 spiro atoms. The van der Waals surface area contributed by atoms with Crippen LogP contribution in [0.1, 0.15) is 26.7 Å². The van der Waals surface area contributed by atoms with Crippen LogP contribution >= 0.6 is 0 Å². The maximum absolute atomic E-state index is 13.2. The zero-order valence-electron chi connectivity index (χ0n) is 18.3. The number of amides is 2. The Morgan fingerprint density at radius 2 is 1.84 bits per heavy atom. The lowest BCUT2D eigenvalue weighted by molar-refractivity contribution is -0.140. The molecule has 1 fully saturated rings. The molecule has 1 saturated heterocycles. The summed E-state index contributed by atoms with van der Waals surface area (Å²) in [5.74, 6) is -0.505. The predicted octanol–water partition coefficient (Wildman–Crippen LogP) is 0.719. The number of ether oxygens (including phenoxy) is 3. The molecular weight excluding hydrogens is 426 g/mol. The van der Waals surface area contributed by atoms with E-state index in [0.29, 0.717) is 31.2 Å². The summed E-state index contributed by atoms with van der Waals surface area (Å²) < 4.78 is 43.5. The van der Waals surface area contributed by atoms with Crippen molar-refractivity contribution < 1.29 is 32.2 Å². The first-order chi connectivity index (χ1) is 14.7. The van der Waals surface area contributed by atoms with Gasteiger partial charge in [-0.05, 0) is 30.9 Å². The highest BCUT2D eigenvalue weighted by molar-refractivity contribution is 7.89. The first-order valence-electron chi connectivity index (χ1n) is 10.1. The van der Waals surface area contributed by atoms with Crippen LogP contribution < -0.4 is 20.1 Å². The van der Waals surface area contributed by atoms with E-state index in [1.165, 1.54) is 36.7 Å². The smallest absolute Gasteiger partial charge is 0.309 e. The Hall–Kier alpha value is -2.37. The molecule has 2 amide bonds. The molecule has 1 aromatic carbocycles. The fourth-order valence-electron chi connectivity index (χ4n) is 3.03. The number of nitrogens with one attached hydrogen (secondary N) is 2. The normalized spacial score (nSPS) is 17.3. The second-order valence-electron chi connectivity index (χ2n) is 7.46. The first kappa shape index (κ1) is 24.9. The van der Waals surface area contributed by atoms with Crippen molar-refractivity contribution in [3.8, 4) is 11.5 Å². The van der Waals surface area contributed by atoms with Gasteiger partial charge in [0, 0.05) is 19.2 Å². The standard InChI is InChI=1S/C20H31N3O7S/c1-14(2)8-9-21-19(24)20(25)22-13-18-23(10-5-11-30-18)31(26,27)15-6-7-16(28-3)17(12-15)29-4/h6-7,12,14,18H,5,8-11,13H2,1-4H3,(H,21,24)(H,22,25). The van der Waals surface area contributed by atoms with Crippen LogP contribution in [0.4, 0.5) is 0 Å². The number of nitrogens with zero attached hydrogens (tertiary/aromatic N) is 1. The average molecular weight is 458 g/mol. The monoisotopic (exact) mass is 457 g/mol. The molecule has 1 heterocycles. The molecule has 0 bridgehead atoms. The highest BCUT2D eigenvalue weighted by atomic mass is 32.2. The van der Waals surface area contributed by atoms with Gasteiger partial charge in [-0.25, -0.2) is 8.42 Å². The lowest BCUT2D eigenvalue weighted by Gasteiger charge is -2.34. The Bertz CT molecular complexity index is 874. The molecule has 2 N–H and O–H groups in total. The minimum Gasteiger partial charge on any atom is -0.493 e. The topological polar surface area (TPSA) is 123 Å². The Morgan fingerprint density at radius 1 is 1.16 bits per heavy atom. The van der Waals surface area contributed by atoms with Crippen molar-refractivity contribution in [1.82, 2.24) is 14.9 Å². The molecule has 0 radical (unpaired) electrons. The van der Waals surface area contributed by atoms with E-state index in [0.717, 1.165) is 6.42 Å². The number of methoxy groups -OCH3 is 2. The van der Waals surface area contributed by atoms with Gasteiger partial charge in [-0.2, -0.15) is 4.31 Å². The number of rotatable bonds is 9. The van der Waals surface area contributed by atoms with Gasteiger partial charge in [0.05, 0.1) is 32.3 Å². The SMILES string of the molecule is COc1ccc(S(=O)(=O)N2CCCOC2CNC(=O)C(=O)NCCC(C)C)cc1OC. The molecule has 1 atom stereocenters. The molecule has 10 nitrogen and oxygen atoms in total. The summed E-state index contributed by atoms with van der Waals surface area (Å²) in [5.41, 5.74) is 0. The van der Waals surface area contributed by atoms with E-state index in [1.807, 2.05) is 13.8 Å². The molecule has 0 aliphatic carbocycles. The van der Waals surface area contributed by atoms with Crippen LogP contribution in [0.3, 0.4) is 0 Å². The molecule has 1 aliphatic rings. The molecule has 2 rings (SSSR count). The third-order valence-electron chi connectivity index (χ3n) is 4.77. The summed E-state index contributed by atoms with van der Waals surface area (Å²) in [7, 11) is -1.06. The lowest BCUT2D eigenvalue weighted by Crippen LogP contribution is -2.53. The largest absolute Gasteiger partial charge is 0.493 e. The van der Waals surface area contributed by atoms with Crippen LogP contribution in [0.15, 0.2) is 23.1 Å². The number of sulfonamides is 1. The van der Waals surface area contributed by atoms with Crippen molar-refractivity contribution >= 4 is 21.8 Å². The van der Waals surface area contributed by atoms with E-state index in [1.54, 1.807) is 0 Å². The second-order valence-corrected chi connectivity index (χ2v) is 9.35. The second kappa shape index (κ2) is 11.3. The molecular formula is C20H31N3O7S. The maximum atomic E-state index is 13.2. The highest BCUT2D eigenvalue weighted by Gasteiger charge is 2.35. The third-order valence-corrected chi connectivity index (χ3v) is 6.65. The fourth-order valence-corrected chi connectivity index (χ4v) is 4.61. The predicted molar refractivity (Wildman–Crippen MR) is 113 cm³/mol. The van der Waals surface area contributed by atoms with Crippen LogP contribution in [0.2, 0.25) is 0 Å². The molecule has 1 aromatic rings. The van der Waals surface area contributed by atoms with Crippen molar-refractivity contribution in [3.05, 3.63) is 18.2 Å². The Balaban J connectivity index is 2.07. The molecule has 11 heteroatoms. The summed E-state index contributed by atoms with van der Waals surface area (Å²) in [6, 6.07) is 4.30. The molecule has 0 aromatic heterocycles. The van der Waals surface area contributed by atoms with E-state index < -0.39 is 28.1 Å². The zero-order valence-corrected chi connectivity index (χ0v) is 19.2. The molecule has 1 aliphatic heterocycles. The summed E-state index contributed by atoms with van der Waals surface area (Å²) in [4.78, 5) is 24.0. The van der Waals surface area contributed by atoms with Gasteiger partial charge >= 0.3 is 11.8 Å². The number of benzene rings is 1. The summed E-state index contributed by atoms with van der Waals surface area (Å²) in [6.45, 7) is 4.84. The van der Waals surface area contributed by atoms with Crippen molar-refractivity contribution in [1.29, 1.82) is 0 Å². The average Bonchev–Trinajstić information content (AvgIpc) is 2.76. The van der Waals surface area contributed by atoms with E-state index in [9.17, 15) is 18.0 Å². The van der Waals surface area contributed by atoms with Gasteiger partial charge in [0.1, 0.15) is 6.23 Å². The highest BCUT2D eigenvalue weighted by Crippen LogP contribution is 2.31. The van der Waals surface area contributed by atoms with Crippen molar-refractivity contribution in [2.75, 3.05) is 40.5 Å². The zero-order chi connectivity index (χ0) is 23.0. The van der Waals surface area contributed by atoms with E-state index in [2.05, 4.69) is 10.6 Å². The maximum Gasteiger partial charge on any atom is 0.309 e. The van der Waals surface area contributed by atoms with Gasteiger partial charge in [-0.15, -0.1) is 0 Å². The summed E-state index contributed by atoms with van der Waals surface area (Å²) in [6.07, 6.45) is 0.327. The van der Waals surface area contributed by atoms with Crippen molar-refractivity contribution in [2.45, 2.75) is 37.8 Å². The molecule has 1 unspecified atom stereocenters. The molecule has 31 heavy (non-hydrogen) atoms. The van der Waals surface area contributed by atoms with E-state index >= 15 is 0 Å². The van der Waals surface area contributed by atoms with Crippen LogP contribution in [0.25, 0.3) is 0 Å². The van der Waals surface area contributed by atoms with Gasteiger partial charge < -0.3 is 24.8 Å². The van der Waals surface area contributed by atoms with Crippen LogP contribution in [0.5, 0.6) is 11.5 Å². The van der Waals surface area contributed by atoms with Gasteiger partial charge in [-0.3, -0.25) is 9.59 Å². The fraction of sp³-hybridized carbons (Fsp3) is 0.600. The van der Waals surface area contributed by atoms with Gasteiger partial charge in [0.25, 0.3) is 0 Å². The first-order valence-corrected chi connectivity index (χ1v) is 11.6. The van der Waals surface area contributed by atoms with Gasteiger partial charge in [0.2, 0.25) is 10.0 Å². The third kappa shape index (κ3) is 6.55. The lowest BCUT2D eigenvalue weighted by atomic mass is 10.1. The summed E-state index contributed by atoms with van der Waals surface area (Å²) in [5, 5.41) is 5.00. The van der Waals surface area contributed by atoms with Gasteiger partial charge in [0.15, 0.2) is 11.5 Å². The van der Waals surface area contributed by atoms with Crippen LogP contribution in [0, 0.1) is 5.92 Å². The minimum atomic E-state index is -3.94. The Kier molecular flexibility index (Phi) is 9.08. The van der Waals surface area contributed by atoms with Gasteiger partial charge in [-0.1, -0.05) is 13.8 Å². The van der Waals surface area contributed by atoms with E-state index in [4.69, 9.17) is 14.2 Å². The quantitative estimate of drug-likeness (QED) is 0.524. The Morgan fingerprint density at radius 3 is 2.48 bits per heavy atom. The molecule has 174 valence electrons. The Labute approximate surface area is 183 Å². The minimum absolute atomic E-state index is 0.0124. The van der Waals surface area contributed by atoms with Crippen LogP contribution in [-0.4, -0.2) is 71.2 Å². The number of carbonyl (C=O) groups excluding carboxylic acids is 2. The number of hydrogen-bond donors (Lipinski definition) is 2. The molecule has 0 saturated carbocycles. The number of hydrogen-bond acceptors (Lipinski definition) is 7. The van der Waals surface area contributed by atoms with Crippen molar-refractivity contribution in [3.63, 3.8) is 0 Å². The van der Waals surface area contributed by atoms with Crippen molar-refractivity contribution in [2.24, 2.45) is 5.92 Å². The van der Waals surface area contributed by atoms with Crippen LogP contribution in [-0.2, 0) is 24.3 Å². The van der Waals surface area contributed by atoms with E-state index in [-0.39, 0.29) is 23.7 Å².